The number of methoxy groups -OCH3 is 1. The van der Waals surface area contributed by atoms with Gasteiger partial charge in [0.2, 0.25) is 0 Å². The summed E-state index contributed by atoms with van der Waals surface area (Å²) < 4.78 is 5.14. The summed E-state index contributed by atoms with van der Waals surface area (Å²) in [7, 11) is 1.64. The monoisotopic (exact) mass is 339 g/mol. The van der Waals surface area contributed by atoms with Gasteiger partial charge in [-0.2, -0.15) is 0 Å². The van der Waals surface area contributed by atoms with Gasteiger partial charge in [0.15, 0.2) is 5.96 Å². The van der Waals surface area contributed by atoms with Crippen molar-refractivity contribution in [3.63, 3.8) is 0 Å². The van der Waals surface area contributed by atoms with Crippen LogP contribution in [-0.2, 0) is 6.54 Å². The lowest BCUT2D eigenvalue weighted by atomic mass is 10.1. The number of nitrogens with one attached hydrogen (secondary N) is 1. The number of ether oxygens (including phenoxy) is 1. The van der Waals surface area contributed by atoms with Gasteiger partial charge in [-0.25, -0.2) is 9.98 Å². The van der Waals surface area contributed by atoms with Crippen LogP contribution in [0.15, 0.2) is 47.6 Å². The second-order valence-electron chi connectivity index (χ2n) is 6.12. The van der Waals surface area contributed by atoms with Gasteiger partial charge in [0, 0.05) is 25.0 Å². The lowest BCUT2D eigenvalue weighted by Crippen LogP contribution is -2.30. The van der Waals surface area contributed by atoms with Crippen LogP contribution in [0.2, 0.25) is 0 Å². The maximum absolute atomic E-state index is 5.99. The van der Waals surface area contributed by atoms with Crippen molar-refractivity contribution in [1.82, 2.24) is 4.98 Å². The Balaban J connectivity index is 1.60. The first-order valence-corrected chi connectivity index (χ1v) is 8.65. The molecule has 6 heteroatoms. The molecule has 0 atom stereocenters. The van der Waals surface area contributed by atoms with Crippen LogP contribution < -0.4 is 20.7 Å². The van der Waals surface area contributed by atoms with Crippen molar-refractivity contribution in [1.29, 1.82) is 0 Å². The first-order valence-electron chi connectivity index (χ1n) is 8.65. The first kappa shape index (κ1) is 17.1. The van der Waals surface area contributed by atoms with Gasteiger partial charge in [-0.05, 0) is 61.2 Å². The molecule has 0 radical (unpaired) electrons. The summed E-state index contributed by atoms with van der Waals surface area (Å²) in [5, 5.41) is 3.09. The Labute approximate surface area is 148 Å². The molecule has 0 saturated carbocycles. The Kier molecular flexibility index (Phi) is 5.72. The van der Waals surface area contributed by atoms with E-state index in [1.54, 1.807) is 7.11 Å². The van der Waals surface area contributed by atoms with Gasteiger partial charge in [0.25, 0.3) is 0 Å². The highest BCUT2D eigenvalue weighted by molar-refractivity contribution is 5.92. The molecule has 1 fully saturated rings. The van der Waals surface area contributed by atoms with Crippen molar-refractivity contribution >= 4 is 17.5 Å². The molecule has 132 valence electrons. The minimum Gasteiger partial charge on any atom is -0.497 e. The fourth-order valence-corrected chi connectivity index (χ4v) is 2.89. The predicted molar refractivity (Wildman–Crippen MR) is 102 cm³/mol. The summed E-state index contributed by atoms with van der Waals surface area (Å²) in [4.78, 5) is 11.3. The third-order valence-corrected chi connectivity index (χ3v) is 4.28. The first-order chi connectivity index (χ1) is 12.2. The van der Waals surface area contributed by atoms with Crippen molar-refractivity contribution in [2.75, 3.05) is 30.4 Å². The number of nitrogens with zero attached hydrogens (tertiary/aromatic N) is 3. The summed E-state index contributed by atoms with van der Waals surface area (Å²) in [6, 6.07) is 11.7. The number of aromatic nitrogens is 1. The molecule has 6 nitrogen and oxygen atoms in total. The molecule has 0 amide bonds. The molecule has 2 heterocycles. The molecule has 1 aromatic carbocycles. The SMILES string of the molecule is COc1ccc(NC(N)=NCc2ccnc(N3CCCCC3)c2)cc1. The van der Waals surface area contributed by atoms with E-state index >= 15 is 0 Å². The minimum absolute atomic E-state index is 0.390. The van der Waals surface area contributed by atoms with Gasteiger partial charge in [-0.3, -0.25) is 0 Å². The third-order valence-electron chi connectivity index (χ3n) is 4.28. The average molecular weight is 339 g/mol. The molecule has 25 heavy (non-hydrogen) atoms. The highest BCUT2D eigenvalue weighted by Crippen LogP contribution is 2.19. The number of hydrogen-bond donors (Lipinski definition) is 2. The number of aliphatic imine (C=N–C) groups is 1. The number of nitrogens with two attached hydrogens (primary N) is 1. The van der Waals surface area contributed by atoms with Crippen LogP contribution >= 0.6 is 0 Å². The molecule has 0 spiro atoms. The van der Waals surface area contributed by atoms with E-state index in [1.165, 1.54) is 19.3 Å². The number of guanidine groups is 1. The summed E-state index contributed by atoms with van der Waals surface area (Å²) in [5.41, 5.74) is 7.97. The number of anilines is 2. The molecule has 1 saturated heterocycles. The molecule has 0 unspecified atom stereocenters. The van der Waals surface area contributed by atoms with E-state index < -0.39 is 0 Å². The average Bonchev–Trinajstić information content (AvgIpc) is 2.68. The number of rotatable bonds is 5. The Hall–Kier alpha value is -2.76. The van der Waals surface area contributed by atoms with E-state index in [2.05, 4.69) is 26.3 Å². The van der Waals surface area contributed by atoms with Gasteiger partial charge < -0.3 is 20.7 Å². The van der Waals surface area contributed by atoms with E-state index in [4.69, 9.17) is 10.5 Å². The molecule has 1 aromatic heterocycles. The summed E-state index contributed by atoms with van der Waals surface area (Å²) >= 11 is 0. The maximum Gasteiger partial charge on any atom is 0.193 e. The summed E-state index contributed by atoms with van der Waals surface area (Å²) in [6.45, 7) is 2.69. The van der Waals surface area contributed by atoms with E-state index in [1.807, 2.05) is 36.5 Å². The van der Waals surface area contributed by atoms with E-state index in [-0.39, 0.29) is 0 Å². The van der Waals surface area contributed by atoms with Crippen LogP contribution in [0.1, 0.15) is 24.8 Å². The zero-order valence-corrected chi connectivity index (χ0v) is 14.6. The Bertz CT molecular complexity index is 708. The van der Waals surface area contributed by atoms with E-state index in [0.717, 1.165) is 35.9 Å². The Morgan fingerprint density at radius 1 is 1.20 bits per heavy atom. The second-order valence-corrected chi connectivity index (χ2v) is 6.12. The molecule has 0 aliphatic carbocycles. The van der Waals surface area contributed by atoms with E-state index in [9.17, 15) is 0 Å². The minimum atomic E-state index is 0.390. The fraction of sp³-hybridized carbons (Fsp3) is 0.368. The predicted octanol–water partition coefficient (Wildman–Crippen LogP) is 3.01. The lowest BCUT2D eigenvalue weighted by Gasteiger charge is -2.27. The van der Waals surface area contributed by atoms with Crippen LogP contribution in [0.3, 0.4) is 0 Å². The molecule has 3 rings (SSSR count). The molecular weight excluding hydrogens is 314 g/mol. The maximum atomic E-state index is 5.99. The van der Waals surface area contributed by atoms with Gasteiger partial charge in [-0.15, -0.1) is 0 Å². The summed E-state index contributed by atoms with van der Waals surface area (Å²) in [5.74, 6) is 2.23. The smallest absolute Gasteiger partial charge is 0.193 e. The molecule has 1 aliphatic rings. The number of hydrogen-bond acceptors (Lipinski definition) is 4. The highest BCUT2D eigenvalue weighted by Gasteiger charge is 2.12. The third kappa shape index (κ3) is 4.86. The van der Waals surface area contributed by atoms with Crippen LogP contribution in [0.5, 0.6) is 5.75 Å². The van der Waals surface area contributed by atoms with Crippen molar-refractivity contribution in [2.45, 2.75) is 25.8 Å². The van der Waals surface area contributed by atoms with Crippen LogP contribution in [0, 0.1) is 0 Å². The molecule has 3 N–H and O–H groups in total. The quantitative estimate of drug-likeness (QED) is 0.647. The lowest BCUT2D eigenvalue weighted by molar-refractivity contribution is 0.415. The van der Waals surface area contributed by atoms with Gasteiger partial charge in [-0.1, -0.05) is 0 Å². The normalized spacial score (nSPS) is 15.1. The van der Waals surface area contributed by atoms with Crippen molar-refractivity contribution in [2.24, 2.45) is 10.7 Å². The van der Waals surface area contributed by atoms with Crippen molar-refractivity contribution in [3.05, 3.63) is 48.2 Å². The molecule has 1 aliphatic heterocycles. The molecular formula is C19H25N5O. The second kappa shape index (κ2) is 8.37. The van der Waals surface area contributed by atoms with Crippen molar-refractivity contribution in [3.8, 4) is 5.75 Å². The van der Waals surface area contributed by atoms with Crippen LogP contribution in [-0.4, -0.2) is 31.1 Å². The number of pyridine rings is 1. The standard InChI is InChI=1S/C19H25N5O/c1-25-17-7-5-16(6-8-17)23-19(20)22-14-15-9-10-21-18(13-15)24-11-3-2-4-12-24/h5-10,13H,2-4,11-12,14H2,1H3,(H3,20,22,23). The Morgan fingerprint density at radius 2 is 1.96 bits per heavy atom. The van der Waals surface area contributed by atoms with Crippen LogP contribution in [0.4, 0.5) is 11.5 Å². The number of piperidine rings is 1. The zero-order valence-electron chi connectivity index (χ0n) is 14.6. The van der Waals surface area contributed by atoms with Crippen molar-refractivity contribution < 1.29 is 4.74 Å². The van der Waals surface area contributed by atoms with Gasteiger partial charge in [0.05, 0.1) is 13.7 Å². The Morgan fingerprint density at radius 3 is 2.68 bits per heavy atom. The zero-order chi connectivity index (χ0) is 17.5. The molecule has 2 aromatic rings. The fourth-order valence-electron chi connectivity index (χ4n) is 2.89. The number of benzene rings is 1. The topological polar surface area (TPSA) is 75.8 Å². The summed E-state index contributed by atoms with van der Waals surface area (Å²) in [6.07, 6.45) is 5.64. The van der Waals surface area contributed by atoms with Gasteiger partial charge >= 0.3 is 0 Å². The molecule has 0 bridgehead atoms. The largest absolute Gasteiger partial charge is 0.497 e. The van der Waals surface area contributed by atoms with Crippen LogP contribution in [0.25, 0.3) is 0 Å². The van der Waals surface area contributed by atoms with Gasteiger partial charge in [0.1, 0.15) is 11.6 Å². The highest BCUT2D eigenvalue weighted by atomic mass is 16.5. The van der Waals surface area contributed by atoms with E-state index in [0.29, 0.717) is 12.5 Å².